The number of amides is 1. The molecule has 4 rings (SSSR count). The minimum atomic E-state index is -5.02. The number of hydrogen-bond donors (Lipinski definition) is 1. The summed E-state index contributed by atoms with van der Waals surface area (Å²) in [5.74, 6) is -1.48. The first-order valence-electron chi connectivity index (χ1n) is 15.3. The normalized spacial score (nSPS) is 23.6. The predicted octanol–water partition coefficient (Wildman–Crippen LogP) is 7.36. The second-order valence-electron chi connectivity index (χ2n) is 12.3. The Kier molecular flexibility index (Phi) is 11.6. The molecule has 1 saturated carbocycles. The zero-order chi connectivity index (χ0) is 33.0. The monoisotopic (exact) mass is 638 g/mol. The summed E-state index contributed by atoms with van der Waals surface area (Å²) < 4.78 is 90.7. The third-order valence-corrected chi connectivity index (χ3v) is 8.72. The maximum absolute atomic E-state index is 13.4. The number of halogens is 6. The molecule has 4 atom stereocenters. The number of aliphatic carboxylic acids is 1. The van der Waals surface area contributed by atoms with Gasteiger partial charge in [-0.3, -0.25) is 14.5 Å². The highest BCUT2D eigenvalue weighted by Gasteiger charge is 2.55. The minimum absolute atomic E-state index is 0.0196. The number of carbonyl (C=O) groups excluding carboxylic acids is 1. The van der Waals surface area contributed by atoms with Gasteiger partial charge in [-0.1, -0.05) is 20.8 Å². The highest BCUT2D eigenvalue weighted by molar-refractivity contribution is 5.86. The first-order valence-corrected chi connectivity index (χ1v) is 15.3. The summed E-state index contributed by atoms with van der Waals surface area (Å²) in [6, 6.07) is 1.29. The Labute approximate surface area is 254 Å². The van der Waals surface area contributed by atoms with E-state index in [1.807, 2.05) is 13.8 Å². The number of fused-ring (bicyclic) bond motifs is 1. The van der Waals surface area contributed by atoms with Gasteiger partial charge in [-0.05, 0) is 82.9 Å². The van der Waals surface area contributed by atoms with Crippen molar-refractivity contribution in [3.05, 3.63) is 28.8 Å². The number of alkyl halides is 6. The van der Waals surface area contributed by atoms with Crippen LogP contribution < -0.4 is 4.74 Å². The van der Waals surface area contributed by atoms with Gasteiger partial charge >= 0.3 is 18.3 Å². The predicted molar refractivity (Wildman–Crippen MR) is 151 cm³/mol. The second kappa shape index (κ2) is 14.3. The fraction of sp³-hybridized carbons (Fsp3) is 0.742. The van der Waals surface area contributed by atoms with E-state index in [4.69, 9.17) is 14.6 Å². The maximum atomic E-state index is 13.4. The molecule has 2 fully saturated rings. The van der Waals surface area contributed by atoms with Crippen LogP contribution in [0.4, 0.5) is 26.3 Å². The Morgan fingerprint density at radius 1 is 1.07 bits per heavy atom. The largest absolute Gasteiger partial charge is 0.481 e. The van der Waals surface area contributed by atoms with Gasteiger partial charge in [0.05, 0.1) is 30.7 Å². The molecular weight excluding hydrogens is 594 g/mol. The molecule has 3 unspecified atom stereocenters. The van der Waals surface area contributed by atoms with Crippen LogP contribution in [-0.4, -0.2) is 64.4 Å². The quantitative estimate of drug-likeness (QED) is 0.285. The van der Waals surface area contributed by atoms with Crippen LogP contribution in [0, 0.1) is 11.8 Å². The van der Waals surface area contributed by atoms with Gasteiger partial charge in [-0.2, -0.15) is 26.3 Å². The lowest BCUT2D eigenvalue weighted by Gasteiger charge is -2.42. The van der Waals surface area contributed by atoms with Gasteiger partial charge in [0.25, 0.3) is 5.91 Å². The van der Waals surface area contributed by atoms with Gasteiger partial charge in [0, 0.05) is 17.6 Å². The number of nitrogens with zero attached hydrogens (tertiary/aromatic N) is 2. The molecule has 13 heteroatoms. The molecule has 2 heterocycles. The third kappa shape index (κ3) is 8.58. The average Bonchev–Trinajstić information content (AvgIpc) is 3.80. The van der Waals surface area contributed by atoms with Crippen LogP contribution >= 0.6 is 0 Å². The number of carboxylic acids is 1. The SMILES string of the molecule is CC1CCC(C(=O)N2COc3c(cc(C(F)(F)F)cc3C(F)(F)F)C2)(C2CC2)OC1.CCCN(C(C)CC)[C@@H](C)CC(=O)O. The van der Waals surface area contributed by atoms with Crippen molar-refractivity contribution in [2.45, 2.75) is 116 Å². The lowest BCUT2D eigenvalue weighted by atomic mass is 9.84. The van der Waals surface area contributed by atoms with Crippen LogP contribution in [0.3, 0.4) is 0 Å². The molecule has 7 nitrogen and oxygen atoms in total. The standard InChI is InChI=1S/C20H21F6NO3.C11H23NO2/c1-11-4-5-18(30-9-11,13-2-3-13)17(28)27-8-12-6-14(19(21,22)23)7-15(20(24,25)26)16(12)29-10-27;1-5-7-12(9(3)6-2)10(4)8-11(13)14/h6-7,11,13H,2-5,8-10H2,1H3;9-10H,5-8H2,1-4H3,(H,13,14)/t;9?,10-/m.0/s1. The summed E-state index contributed by atoms with van der Waals surface area (Å²) in [6.07, 6.45) is -4.72. The van der Waals surface area contributed by atoms with Gasteiger partial charge in [0.15, 0.2) is 6.73 Å². The Balaban J connectivity index is 0.000000321. The van der Waals surface area contributed by atoms with Crippen molar-refractivity contribution in [2.75, 3.05) is 19.9 Å². The number of hydrogen-bond acceptors (Lipinski definition) is 5. The number of rotatable bonds is 9. The first kappa shape index (κ1) is 35.9. The van der Waals surface area contributed by atoms with Crippen molar-refractivity contribution >= 4 is 11.9 Å². The molecular formula is C31H44F6N2O5. The van der Waals surface area contributed by atoms with Gasteiger partial charge in [0.1, 0.15) is 11.4 Å². The number of ether oxygens (including phenoxy) is 2. The third-order valence-electron chi connectivity index (χ3n) is 8.72. The van der Waals surface area contributed by atoms with Crippen LogP contribution in [0.5, 0.6) is 5.75 Å². The number of carboxylic acid groups (broad SMARTS) is 1. The molecule has 1 aromatic carbocycles. The van der Waals surface area contributed by atoms with Crippen LogP contribution in [0.25, 0.3) is 0 Å². The maximum Gasteiger partial charge on any atom is 0.419 e. The Bertz CT molecular complexity index is 1150. The van der Waals surface area contributed by atoms with Gasteiger partial charge in [0.2, 0.25) is 0 Å². The van der Waals surface area contributed by atoms with E-state index >= 15 is 0 Å². The van der Waals surface area contributed by atoms with E-state index in [0.29, 0.717) is 25.1 Å². The summed E-state index contributed by atoms with van der Waals surface area (Å²) in [5, 5.41) is 8.73. The summed E-state index contributed by atoms with van der Waals surface area (Å²) in [4.78, 5) is 27.4. The molecule has 1 amide bonds. The zero-order valence-electron chi connectivity index (χ0n) is 26.0. The lowest BCUT2D eigenvalue weighted by Crippen LogP contribution is -2.56. The molecule has 1 N–H and O–H groups in total. The molecule has 1 aromatic rings. The van der Waals surface area contributed by atoms with E-state index < -0.39 is 60.0 Å². The van der Waals surface area contributed by atoms with Crippen LogP contribution in [0.15, 0.2) is 12.1 Å². The number of carbonyl (C=O) groups is 2. The molecule has 3 aliphatic rings. The van der Waals surface area contributed by atoms with E-state index in [1.165, 1.54) is 0 Å². The van der Waals surface area contributed by atoms with E-state index in [2.05, 4.69) is 25.7 Å². The van der Waals surface area contributed by atoms with Crippen molar-refractivity contribution in [1.29, 1.82) is 0 Å². The molecule has 0 spiro atoms. The Morgan fingerprint density at radius 2 is 1.73 bits per heavy atom. The van der Waals surface area contributed by atoms with Gasteiger partial charge in [-0.15, -0.1) is 0 Å². The van der Waals surface area contributed by atoms with E-state index in [-0.39, 0.29) is 35.9 Å². The Hall–Kier alpha value is -2.54. The average molecular weight is 639 g/mol. The molecule has 2 aliphatic heterocycles. The van der Waals surface area contributed by atoms with Crippen LogP contribution in [0.1, 0.15) is 96.3 Å². The fourth-order valence-corrected chi connectivity index (χ4v) is 6.00. The van der Waals surface area contributed by atoms with Crippen LogP contribution in [0.2, 0.25) is 0 Å². The fourth-order valence-electron chi connectivity index (χ4n) is 6.00. The molecule has 1 aliphatic carbocycles. The highest BCUT2D eigenvalue weighted by Crippen LogP contribution is 2.49. The summed E-state index contributed by atoms with van der Waals surface area (Å²) in [6.45, 7) is 10.9. The molecule has 0 aromatic heterocycles. The van der Waals surface area contributed by atoms with E-state index in [9.17, 15) is 35.9 Å². The molecule has 0 radical (unpaired) electrons. The van der Waals surface area contributed by atoms with E-state index in [1.54, 1.807) is 0 Å². The molecule has 250 valence electrons. The van der Waals surface area contributed by atoms with Crippen molar-refractivity contribution < 1.29 is 50.5 Å². The topological polar surface area (TPSA) is 79.3 Å². The summed E-state index contributed by atoms with van der Waals surface area (Å²) >= 11 is 0. The first-order chi connectivity index (χ1) is 20.4. The van der Waals surface area contributed by atoms with Crippen LogP contribution in [-0.2, 0) is 33.2 Å². The van der Waals surface area contributed by atoms with Crippen molar-refractivity contribution in [2.24, 2.45) is 11.8 Å². The number of benzene rings is 1. The molecule has 0 bridgehead atoms. The molecule has 1 saturated heterocycles. The highest BCUT2D eigenvalue weighted by atomic mass is 19.4. The van der Waals surface area contributed by atoms with Gasteiger partial charge in [-0.25, -0.2) is 0 Å². The van der Waals surface area contributed by atoms with Gasteiger partial charge < -0.3 is 19.5 Å². The van der Waals surface area contributed by atoms with E-state index in [0.717, 1.165) is 43.5 Å². The lowest BCUT2D eigenvalue weighted by molar-refractivity contribution is -0.178. The second-order valence-corrected chi connectivity index (χ2v) is 12.3. The minimum Gasteiger partial charge on any atom is -0.481 e. The smallest absolute Gasteiger partial charge is 0.419 e. The van der Waals surface area contributed by atoms with Crippen molar-refractivity contribution in [3.63, 3.8) is 0 Å². The zero-order valence-corrected chi connectivity index (χ0v) is 26.0. The summed E-state index contributed by atoms with van der Waals surface area (Å²) in [7, 11) is 0. The molecule has 44 heavy (non-hydrogen) atoms. The van der Waals surface area contributed by atoms with Crippen molar-refractivity contribution in [3.8, 4) is 5.75 Å². The van der Waals surface area contributed by atoms with Crippen molar-refractivity contribution in [1.82, 2.24) is 9.80 Å². The summed E-state index contributed by atoms with van der Waals surface area (Å²) in [5.41, 5.74) is -4.29. The Morgan fingerprint density at radius 3 is 2.20 bits per heavy atom.